The summed E-state index contributed by atoms with van der Waals surface area (Å²) in [5, 5.41) is 3.21. The summed E-state index contributed by atoms with van der Waals surface area (Å²) in [6.07, 6.45) is 0.479. The number of ether oxygens (including phenoxy) is 3. The molecule has 0 aliphatic carbocycles. The Balaban J connectivity index is 1.77. The molecule has 1 N–H and O–H groups in total. The number of hydrogen-bond donors (Lipinski definition) is 1. The zero-order valence-electron chi connectivity index (χ0n) is 26.1. The number of carbonyl (C=O) groups is 1. The Hall–Kier alpha value is -4.08. The number of nitrogens with zero attached hydrogens (tertiary/aromatic N) is 1. The highest BCUT2D eigenvalue weighted by atomic mass is 28.4. The molecule has 0 saturated carbocycles. The molecule has 3 aromatic carbocycles. The van der Waals surface area contributed by atoms with Crippen LogP contribution in [0.5, 0.6) is 11.5 Å². The van der Waals surface area contributed by atoms with Crippen molar-refractivity contribution in [1.29, 1.82) is 0 Å². The Morgan fingerprint density at radius 1 is 0.953 bits per heavy atom. The molecule has 0 aliphatic heterocycles. The summed E-state index contributed by atoms with van der Waals surface area (Å²) in [5.41, 5.74) is 2.91. The van der Waals surface area contributed by atoms with Crippen molar-refractivity contribution in [2.45, 2.75) is 58.2 Å². The number of alkyl carbamates (subject to hydrolysis) is 1. The average molecular weight is 603 g/mol. The molecule has 43 heavy (non-hydrogen) atoms. The van der Waals surface area contributed by atoms with Gasteiger partial charge in [-0.1, -0.05) is 81.4 Å². The number of fused-ring (bicyclic) bond motifs is 1. The predicted octanol–water partition coefficient (Wildman–Crippen LogP) is 7.12. The van der Waals surface area contributed by atoms with Gasteiger partial charge in [-0.15, -0.1) is 0 Å². The van der Waals surface area contributed by atoms with Crippen LogP contribution in [0.4, 0.5) is 4.79 Å². The Labute approximate surface area is 254 Å². The van der Waals surface area contributed by atoms with Crippen LogP contribution in [-0.2, 0) is 29.4 Å². The fourth-order valence-corrected chi connectivity index (χ4v) is 5.85. The molecule has 9 heteroatoms. The fourth-order valence-electron chi connectivity index (χ4n) is 4.57. The third kappa shape index (κ3) is 7.66. The lowest BCUT2D eigenvalue weighted by Crippen LogP contribution is -2.44. The van der Waals surface area contributed by atoms with E-state index >= 15 is 0 Å². The van der Waals surface area contributed by atoms with Crippen molar-refractivity contribution < 1.29 is 23.4 Å². The predicted molar refractivity (Wildman–Crippen MR) is 172 cm³/mol. The molecule has 228 valence electrons. The molecule has 0 spiro atoms. The van der Waals surface area contributed by atoms with Gasteiger partial charge in [0.05, 0.1) is 30.7 Å². The maximum Gasteiger partial charge on any atom is 0.407 e. The van der Waals surface area contributed by atoms with Crippen molar-refractivity contribution in [3.8, 4) is 11.5 Å². The number of amides is 1. The van der Waals surface area contributed by atoms with Crippen LogP contribution in [0.1, 0.15) is 43.6 Å². The number of rotatable bonds is 11. The first-order chi connectivity index (χ1) is 20.4. The van der Waals surface area contributed by atoms with Crippen molar-refractivity contribution in [2.75, 3.05) is 13.7 Å². The van der Waals surface area contributed by atoms with Crippen molar-refractivity contribution >= 4 is 25.3 Å². The second-order valence-electron chi connectivity index (χ2n) is 12.1. The molecular weight excluding hydrogens is 560 g/mol. The second kappa shape index (κ2) is 13.5. The van der Waals surface area contributed by atoms with Gasteiger partial charge in [0.2, 0.25) is 0 Å². The molecule has 1 heterocycles. The molecule has 1 aromatic heterocycles. The zero-order chi connectivity index (χ0) is 31.2. The smallest absolute Gasteiger partial charge is 0.407 e. The minimum atomic E-state index is -2.40. The van der Waals surface area contributed by atoms with Gasteiger partial charge < -0.3 is 28.5 Å². The minimum absolute atomic E-state index is 0.0950. The van der Waals surface area contributed by atoms with Gasteiger partial charge in [0.25, 0.3) is 0 Å². The van der Waals surface area contributed by atoms with Gasteiger partial charge in [-0.3, -0.25) is 4.79 Å². The molecule has 0 saturated heterocycles. The van der Waals surface area contributed by atoms with Crippen LogP contribution >= 0.6 is 0 Å². The highest BCUT2D eigenvalue weighted by Crippen LogP contribution is 2.43. The van der Waals surface area contributed by atoms with Crippen molar-refractivity contribution in [2.24, 2.45) is 7.05 Å². The number of carbonyl (C=O) groups excluding carboxylic acids is 1. The van der Waals surface area contributed by atoms with Crippen LogP contribution < -0.4 is 20.2 Å². The van der Waals surface area contributed by atoms with E-state index in [1.165, 1.54) is 6.07 Å². The standard InChI is InChI=1S/C34H42N2O6Si/c1-34(2,3)43(6,7)42-29(21-35-33(38)41-23-25-16-12-9-13-17-25)26-20-28(40-22-24-14-10-8-11-15-24)32(39-5)31-30(26)27(37)18-19-36(31)4/h8-20,29H,21-23H2,1-7H3,(H,35,38). The fraction of sp³-hybridized carbons (Fsp3) is 0.353. The molecule has 0 bridgehead atoms. The quantitative estimate of drug-likeness (QED) is 0.184. The summed E-state index contributed by atoms with van der Waals surface area (Å²) >= 11 is 0. The van der Waals surface area contributed by atoms with E-state index in [1.807, 2.05) is 78.3 Å². The normalized spacial score (nSPS) is 12.5. The number of aryl methyl sites for hydroxylation is 1. The van der Waals surface area contributed by atoms with E-state index in [1.54, 1.807) is 13.3 Å². The van der Waals surface area contributed by atoms with Gasteiger partial charge in [-0.2, -0.15) is 0 Å². The van der Waals surface area contributed by atoms with Gasteiger partial charge in [0.15, 0.2) is 25.2 Å². The van der Waals surface area contributed by atoms with Gasteiger partial charge >= 0.3 is 6.09 Å². The van der Waals surface area contributed by atoms with Crippen molar-refractivity contribution in [3.63, 3.8) is 0 Å². The highest BCUT2D eigenvalue weighted by molar-refractivity contribution is 6.74. The maximum absolute atomic E-state index is 13.5. The average Bonchev–Trinajstić information content (AvgIpc) is 2.98. The lowest BCUT2D eigenvalue weighted by molar-refractivity contribution is 0.128. The molecule has 0 fully saturated rings. The SMILES string of the molecule is COc1c(OCc2ccccc2)cc(C(CNC(=O)OCc2ccccc2)O[Si](C)(C)C(C)(C)C)c2c(=O)ccn(C)c12. The number of methoxy groups -OCH3 is 1. The zero-order valence-corrected chi connectivity index (χ0v) is 27.1. The van der Waals surface area contributed by atoms with E-state index in [-0.39, 0.29) is 23.6 Å². The first kappa shape index (κ1) is 31.8. The van der Waals surface area contributed by atoms with E-state index in [2.05, 4.69) is 39.2 Å². The van der Waals surface area contributed by atoms with Crippen LogP contribution in [0.25, 0.3) is 10.9 Å². The van der Waals surface area contributed by atoms with Crippen LogP contribution in [0.15, 0.2) is 83.8 Å². The third-order valence-corrected chi connectivity index (χ3v) is 12.5. The summed E-state index contributed by atoms with van der Waals surface area (Å²) in [7, 11) is 1.03. The van der Waals surface area contributed by atoms with Gasteiger partial charge in [-0.25, -0.2) is 4.79 Å². The molecule has 1 unspecified atom stereocenters. The topological polar surface area (TPSA) is 88.0 Å². The summed E-state index contributed by atoms with van der Waals surface area (Å²) in [6, 6.07) is 22.7. The van der Waals surface area contributed by atoms with Crippen LogP contribution in [0, 0.1) is 0 Å². The monoisotopic (exact) mass is 602 g/mol. The first-order valence-electron chi connectivity index (χ1n) is 14.4. The molecule has 0 radical (unpaired) electrons. The van der Waals surface area contributed by atoms with Crippen molar-refractivity contribution in [3.05, 3.63) is 106 Å². The number of aromatic nitrogens is 1. The third-order valence-electron chi connectivity index (χ3n) is 7.98. The Morgan fingerprint density at radius 3 is 2.14 bits per heavy atom. The lowest BCUT2D eigenvalue weighted by atomic mass is 10.0. The van der Waals surface area contributed by atoms with E-state index in [0.717, 1.165) is 11.1 Å². The molecular formula is C34H42N2O6Si. The van der Waals surface area contributed by atoms with Crippen LogP contribution in [0.3, 0.4) is 0 Å². The molecule has 0 aliphatic rings. The number of hydrogen-bond acceptors (Lipinski definition) is 6. The number of benzene rings is 3. The Morgan fingerprint density at radius 2 is 1.56 bits per heavy atom. The van der Waals surface area contributed by atoms with Gasteiger partial charge in [0.1, 0.15) is 13.2 Å². The number of pyridine rings is 1. The van der Waals surface area contributed by atoms with E-state index in [9.17, 15) is 9.59 Å². The summed E-state index contributed by atoms with van der Waals surface area (Å²) in [6.45, 7) is 11.3. The lowest BCUT2D eigenvalue weighted by Gasteiger charge is -2.39. The van der Waals surface area contributed by atoms with E-state index in [0.29, 0.717) is 34.6 Å². The molecule has 4 aromatic rings. The Bertz CT molecular complexity index is 1600. The maximum atomic E-state index is 13.5. The first-order valence-corrected chi connectivity index (χ1v) is 17.3. The number of nitrogens with one attached hydrogen (secondary N) is 1. The largest absolute Gasteiger partial charge is 0.491 e. The van der Waals surface area contributed by atoms with Crippen molar-refractivity contribution in [1.82, 2.24) is 9.88 Å². The van der Waals surface area contributed by atoms with Gasteiger partial charge in [0, 0.05) is 19.3 Å². The summed E-state index contributed by atoms with van der Waals surface area (Å²) in [4.78, 5) is 26.3. The minimum Gasteiger partial charge on any atom is -0.491 e. The molecule has 4 rings (SSSR count). The molecule has 1 atom stereocenters. The van der Waals surface area contributed by atoms with Gasteiger partial charge in [-0.05, 0) is 40.9 Å². The van der Waals surface area contributed by atoms with Crippen LogP contribution in [0.2, 0.25) is 18.1 Å². The van der Waals surface area contributed by atoms with E-state index in [4.69, 9.17) is 18.6 Å². The van der Waals surface area contributed by atoms with Crippen LogP contribution in [-0.4, -0.2) is 32.6 Å². The highest BCUT2D eigenvalue weighted by Gasteiger charge is 2.40. The molecule has 1 amide bonds. The summed E-state index contributed by atoms with van der Waals surface area (Å²) in [5.74, 6) is 0.932. The molecule has 8 nitrogen and oxygen atoms in total. The Kier molecular flexibility index (Phi) is 9.98. The summed E-state index contributed by atoms with van der Waals surface area (Å²) < 4.78 is 26.4. The second-order valence-corrected chi connectivity index (χ2v) is 16.9. The van der Waals surface area contributed by atoms with E-state index < -0.39 is 20.5 Å².